The summed E-state index contributed by atoms with van der Waals surface area (Å²) in [7, 11) is 0. The zero-order valence-electron chi connectivity index (χ0n) is 17.1. The summed E-state index contributed by atoms with van der Waals surface area (Å²) < 4.78 is 0. The van der Waals surface area contributed by atoms with Crippen LogP contribution in [-0.2, 0) is 4.79 Å². The van der Waals surface area contributed by atoms with Crippen LogP contribution in [0, 0.1) is 0 Å². The summed E-state index contributed by atoms with van der Waals surface area (Å²) in [5.41, 5.74) is 2.49. The highest BCUT2D eigenvalue weighted by Crippen LogP contribution is 2.40. The fourth-order valence-corrected chi connectivity index (χ4v) is 4.88. The molecule has 1 fully saturated rings. The Bertz CT molecular complexity index is 1210. The van der Waals surface area contributed by atoms with Crippen LogP contribution in [0.2, 0.25) is 0 Å². The minimum Gasteiger partial charge on any atom is -0.371 e. The van der Waals surface area contributed by atoms with Crippen molar-refractivity contribution in [3.63, 3.8) is 0 Å². The number of anilines is 1. The quantitative estimate of drug-likeness (QED) is 0.275. The average Bonchev–Trinajstić information content (AvgIpc) is 2.77. The Kier molecular flexibility index (Phi) is 4.71. The molecule has 1 heterocycles. The van der Waals surface area contributed by atoms with Gasteiger partial charge in [0, 0.05) is 30.6 Å². The SMILES string of the molecule is CCCC(=O)/C=C/c1ccc2ccc3c(N4CCCCC4)ccc4ccc1c2c43. The van der Waals surface area contributed by atoms with Crippen molar-refractivity contribution >= 4 is 49.9 Å². The van der Waals surface area contributed by atoms with E-state index in [9.17, 15) is 4.79 Å². The molecule has 29 heavy (non-hydrogen) atoms. The molecule has 0 saturated carbocycles. The van der Waals surface area contributed by atoms with Crippen LogP contribution in [0.25, 0.3) is 38.4 Å². The van der Waals surface area contributed by atoms with Gasteiger partial charge in [-0.15, -0.1) is 0 Å². The Morgan fingerprint density at radius 3 is 2.28 bits per heavy atom. The van der Waals surface area contributed by atoms with E-state index in [1.165, 1.54) is 57.3 Å². The molecule has 146 valence electrons. The number of ketones is 1. The smallest absolute Gasteiger partial charge is 0.155 e. The minimum absolute atomic E-state index is 0.200. The number of rotatable bonds is 5. The lowest BCUT2D eigenvalue weighted by Gasteiger charge is -2.30. The van der Waals surface area contributed by atoms with Crippen molar-refractivity contribution in [2.75, 3.05) is 18.0 Å². The molecule has 2 nitrogen and oxygen atoms in total. The third-order valence-corrected chi connectivity index (χ3v) is 6.32. The van der Waals surface area contributed by atoms with Gasteiger partial charge >= 0.3 is 0 Å². The van der Waals surface area contributed by atoms with Gasteiger partial charge in [0.1, 0.15) is 0 Å². The van der Waals surface area contributed by atoms with Crippen molar-refractivity contribution in [3.05, 3.63) is 60.2 Å². The Hall–Kier alpha value is -2.87. The van der Waals surface area contributed by atoms with Crippen LogP contribution in [0.1, 0.15) is 44.6 Å². The Balaban J connectivity index is 1.71. The minimum atomic E-state index is 0.200. The van der Waals surface area contributed by atoms with Crippen molar-refractivity contribution < 1.29 is 4.79 Å². The van der Waals surface area contributed by atoms with Crippen molar-refractivity contribution in [1.82, 2.24) is 0 Å². The normalized spacial score (nSPS) is 15.3. The van der Waals surface area contributed by atoms with Crippen LogP contribution in [0.4, 0.5) is 5.69 Å². The van der Waals surface area contributed by atoms with Crippen LogP contribution in [0.5, 0.6) is 0 Å². The van der Waals surface area contributed by atoms with Gasteiger partial charge in [0.15, 0.2) is 5.78 Å². The number of benzene rings is 4. The van der Waals surface area contributed by atoms with Crippen LogP contribution in [-0.4, -0.2) is 18.9 Å². The fourth-order valence-electron chi connectivity index (χ4n) is 4.88. The lowest BCUT2D eigenvalue weighted by Crippen LogP contribution is -2.29. The molecule has 1 aliphatic heterocycles. The molecule has 2 heteroatoms. The molecule has 0 atom stereocenters. The van der Waals surface area contributed by atoms with Gasteiger partial charge in [-0.1, -0.05) is 55.5 Å². The number of carbonyl (C=O) groups is 1. The summed E-state index contributed by atoms with van der Waals surface area (Å²) in [5.74, 6) is 0.200. The standard InChI is InChI=1S/C27H27NO/c1-2-6-22(29)13-9-19-7-8-20-11-15-24-25(28-17-4-3-5-18-28)16-12-21-10-14-23(19)26(20)27(21)24/h7-16H,2-6,17-18H2,1H3/b13-9+. The van der Waals surface area contributed by atoms with E-state index in [1.807, 2.05) is 13.0 Å². The van der Waals surface area contributed by atoms with Gasteiger partial charge < -0.3 is 4.90 Å². The predicted octanol–water partition coefficient (Wildman–Crippen LogP) is 6.96. The number of allylic oxidation sites excluding steroid dienone is 1. The molecule has 0 bridgehead atoms. The van der Waals surface area contributed by atoms with Crippen molar-refractivity contribution in [3.8, 4) is 0 Å². The summed E-state index contributed by atoms with van der Waals surface area (Å²) in [6.07, 6.45) is 9.15. The van der Waals surface area contributed by atoms with Crippen LogP contribution in [0.3, 0.4) is 0 Å². The molecule has 4 aromatic carbocycles. The first-order valence-corrected chi connectivity index (χ1v) is 10.9. The maximum atomic E-state index is 12.0. The summed E-state index contributed by atoms with van der Waals surface area (Å²) >= 11 is 0. The first kappa shape index (κ1) is 18.2. The summed E-state index contributed by atoms with van der Waals surface area (Å²) in [5, 5.41) is 7.83. The van der Waals surface area contributed by atoms with Gasteiger partial charge in [0.25, 0.3) is 0 Å². The highest BCUT2D eigenvalue weighted by Gasteiger charge is 2.17. The van der Waals surface area contributed by atoms with Crippen molar-refractivity contribution in [1.29, 1.82) is 0 Å². The molecule has 4 aromatic rings. The lowest BCUT2D eigenvalue weighted by molar-refractivity contribution is -0.114. The number of carbonyl (C=O) groups excluding carboxylic acids is 1. The molecule has 0 aromatic heterocycles. The number of piperidine rings is 1. The largest absolute Gasteiger partial charge is 0.371 e. The van der Waals surface area contributed by atoms with Crippen LogP contribution in [0.15, 0.2) is 54.6 Å². The fraction of sp³-hybridized carbons (Fsp3) is 0.296. The van der Waals surface area contributed by atoms with Crippen LogP contribution >= 0.6 is 0 Å². The van der Waals surface area contributed by atoms with E-state index in [0.717, 1.165) is 25.1 Å². The topological polar surface area (TPSA) is 20.3 Å². The van der Waals surface area contributed by atoms with Gasteiger partial charge in [-0.3, -0.25) is 4.79 Å². The monoisotopic (exact) mass is 381 g/mol. The second kappa shape index (κ2) is 7.51. The second-order valence-electron chi connectivity index (χ2n) is 8.26. The molecule has 5 rings (SSSR count). The van der Waals surface area contributed by atoms with E-state index >= 15 is 0 Å². The van der Waals surface area contributed by atoms with Crippen molar-refractivity contribution in [2.45, 2.75) is 39.0 Å². The second-order valence-corrected chi connectivity index (χ2v) is 8.26. The van der Waals surface area contributed by atoms with Gasteiger partial charge in [-0.2, -0.15) is 0 Å². The molecule has 1 aliphatic rings. The van der Waals surface area contributed by atoms with Gasteiger partial charge in [0.05, 0.1) is 0 Å². The van der Waals surface area contributed by atoms with Crippen LogP contribution < -0.4 is 4.90 Å². The van der Waals surface area contributed by atoms with E-state index < -0.39 is 0 Å². The van der Waals surface area contributed by atoms with E-state index in [4.69, 9.17) is 0 Å². The Morgan fingerprint density at radius 1 is 0.862 bits per heavy atom. The summed E-state index contributed by atoms with van der Waals surface area (Å²) in [4.78, 5) is 14.6. The predicted molar refractivity (Wildman–Crippen MR) is 125 cm³/mol. The first-order chi connectivity index (χ1) is 14.3. The van der Waals surface area contributed by atoms with Gasteiger partial charge in [0.2, 0.25) is 0 Å². The molecular weight excluding hydrogens is 354 g/mol. The number of hydrogen-bond acceptors (Lipinski definition) is 2. The van der Waals surface area contributed by atoms with E-state index in [1.54, 1.807) is 6.08 Å². The molecule has 1 saturated heterocycles. The third-order valence-electron chi connectivity index (χ3n) is 6.32. The molecule has 0 N–H and O–H groups in total. The zero-order valence-corrected chi connectivity index (χ0v) is 17.1. The Labute approximate surface area is 172 Å². The number of nitrogens with zero attached hydrogens (tertiary/aromatic N) is 1. The first-order valence-electron chi connectivity index (χ1n) is 10.9. The highest BCUT2D eigenvalue weighted by molar-refractivity contribution is 6.26. The van der Waals surface area contributed by atoms with E-state index in [2.05, 4.69) is 53.4 Å². The molecule has 0 radical (unpaired) electrons. The number of hydrogen-bond donors (Lipinski definition) is 0. The maximum absolute atomic E-state index is 12.0. The summed E-state index contributed by atoms with van der Waals surface area (Å²) in [6.45, 7) is 4.34. The molecule has 0 unspecified atom stereocenters. The van der Waals surface area contributed by atoms with E-state index in [0.29, 0.717) is 6.42 Å². The van der Waals surface area contributed by atoms with Crippen molar-refractivity contribution in [2.24, 2.45) is 0 Å². The van der Waals surface area contributed by atoms with E-state index in [-0.39, 0.29) is 5.78 Å². The van der Waals surface area contributed by atoms with Gasteiger partial charge in [-0.05, 0) is 70.3 Å². The third kappa shape index (κ3) is 3.17. The molecule has 0 spiro atoms. The lowest BCUT2D eigenvalue weighted by atomic mass is 9.90. The maximum Gasteiger partial charge on any atom is 0.155 e. The summed E-state index contributed by atoms with van der Waals surface area (Å²) in [6, 6.07) is 17.9. The Morgan fingerprint density at radius 2 is 1.52 bits per heavy atom. The average molecular weight is 382 g/mol. The zero-order chi connectivity index (χ0) is 19.8. The molecule has 0 aliphatic carbocycles. The van der Waals surface area contributed by atoms with Gasteiger partial charge in [-0.25, -0.2) is 0 Å². The molecule has 0 amide bonds. The highest BCUT2D eigenvalue weighted by atomic mass is 16.1. The molecular formula is C27H27NO.